The van der Waals surface area contributed by atoms with E-state index in [0.29, 0.717) is 0 Å². The highest BCUT2D eigenvalue weighted by Crippen LogP contribution is 2.04. The maximum Gasteiger partial charge on any atom is 0.332 e. The van der Waals surface area contributed by atoms with Crippen molar-refractivity contribution in [1.82, 2.24) is 29.1 Å². The smallest absolute Gasteiger partial charge is 0.315 e. The first kappa shape index (κ1) is 16.3. The number of rotatable bonds is 4. The number of hydrogen-bond acceptors (Lipinski definition) is 6. The summed E-state index contributed by atoms with van der Waals surface area (Å²) in [6.45, 7) is -0.158. The molecule has 25 heavy (non-hydrogen) atoms. The highest BCUT2D eigenvalue weighted by Gasteiger charge is 2.15. The number of fused-ring (bicyclic) bond motifs is 1. The van der Waals surface area contributed by atoms with Gasteiger partial charge < -0.3 is 4.57 Å². The lowest BCUT2D eigenvalue weighted by atomic mass is 10.3. The second-order valence-corrected chi connectivity index (χ2v) is 5.33. The summed E-state index contributed by atoms with van der Waals surface area (Å²) in [6, 6.07) is 3.54. The fourth-order valence-electron chi connectivity index (χ4n) is 2.34. The second kappa shape index (κ2) is 6.51. The molecule has 0 spiro atoms. The van der Waals surface area contributed by atoms with E-state index < -0.39 is 17.2 Å². The summed E-state index contributed by atoms with van der Waals surface area (Å²) < 4.78 is 3.61. The Kier molecular flexibility index (Phi) is 4.25. The van der Waals surface area contributed by atoms with E-state index in [1.54, 1.807) is 24.5 Å². The SMILES string of the molecule is Cn1c(=O)c2c(ncn2CC(=O)N/N=C\c2cccnc2)n(C)c1=O. The van der Waals surface area contributed by atoms with Gasteiger partial charge >= 0.3 is 5.69 Å². The standard InChI is InChI=1S/C15H15N7O3/c1-20-13-12(14(24)21(2)15(20)25)22(9-17-13)8-11(23)19-18-7-10-4-3-5-16-6-10/h3-7,9H,8H2,1-2H3,(H,19,23)/b18-7-. The Morgan fingerprint density at radius 1 is 1.32 bits per heavy atom. The number of amides is 1. The number of nitrogens with zero attached hydrogens (tertiary/aromatic N) is 6. The van der Waals surface area contributed by atoms with Crippen molar-refractivity contribution in [2.45, 2.75) is 6.54 Å². The molecule has 1 N–H and O–H groups in total. The van der Waals surface area contributed by atoms with Crippen molar-refractivity contribution in [1.29, 1.82) is 0 Å². The molecule has 3 rings (SSSR count). The zero-order valence-corrected chi connectivity index (χ0v) is 13.6. The van der Waals surface area contributed by atoms with Crippen LogP contribution in [-0.4, -0.2) is 35.8 Å². The lowest BCUT2D eigenvalue weighted by molar-refractivity contribution is -0.121. The summed E-state index contributed by atoms with van der Waals surface area (Å²) in [6.07, 6.45) is 6.03. The molecule has 10 heteroatoms. The van der Waals surface area contributed by atoms with Crippen LogP contribution >= 0.6 is 0 Å². The third-order valence-electron chi connectivity index (χ3n) is 3.62. The van der Waals surface area contributed by atoms with Crippen LogP contribution in [0.3, 0.4) is 0 Å². The maximum absolute atomic E-state index is 12.3. The number of hydrazone groups is 1. The van der Waals surface area contributed by atoms with Crippen molar-refractivity contribution in [2.75, 3.05) is 0 Å². The topological polar surface area (TPSA) is 116 Å². The van der Waals surface area contributed by atoms with Crippen LogP contribution in [0.4, 0.5) is 0 Å². The quantitative estimate of drug-likeness (QED) is 0.481. The highest BCUT2D eigenvalue weighted by atomic mass is 16.2. The van der Waals surface area contributed by atoms with E-state index in [9.17, 15) is 14.4 Å². The third kappa shape index (κ3) is 3.09. The monoisotopic (exact) mass is 341 g/mol. The molecule has 3 heterocycles. The van der Waals surface area contributed by atoms with Crippen LogP contribution in [0.1, 0.15) is 5.56 Å². The lowest BCUT2D eigenvalue weighted by Gasteiger charge is -2.05. The van der Waals surface area contributed by atoms with Gasteiger partial charge in [-0.3, -0.25) is 23.7 Å². The van der Waals surface area contributed by atoms with E-state index in [1.807, 2.05) is 0 Å². The normalized spacial score (nSPS) is 11.3. The molecule has 0 saturated heterocycles. The fourth-order valence-corrected chi connectivity index (χ4v) is 2.34. The Morgan fingerprint density at radius 3 is 2.84 bits per heavy atom. The Labute approximate surface area is 141 Å². The van der Waals surface area contributed by atoms with E-state index in [4.69, 9.17) is 0 Å². The molecule has 3 aromatic rings. The largest absolute Gasteiger partial charge is 0.332 e. The van der Waals surface area contributed by atoms with E-state index >= 15 is 0 Å². The number of carbonyl (C=O) groups excluding carboxylic acids is 1. The van der Waals surface area contributed by atoms with Gasteiger partial charge in [-0.1, -0.05) is 6.07 Å². The number of carbonyl (C=O) groups is 1. The molecule has 3 aromatic heterocycles. The highest BCUT2D eigenvalue weighted by molar-refractivity contribution is 5.82. The van der Waals surface area contributed by atoms with E-state index in [2.05, 4.69) is 20.5 Å². The minimum atomic E-state index is -0.512. The van der Waals surface area contributed by atoms with Gasteiger partial charge in [-0.15, -0.1) is 0 Å². The fraction of sp³-hybridized carbons (Fsp3) is 0.200. The molecule has 0 aliphatic carbocycles. The van der Waals surface area contributed by atoms with E-state index in [1.165, 1.54) is 35.8 Å². The van der Waals surface area contributed by atoms with Crippen molar-refractivity contribution in [3.63, 3.8) is 0 Å². The molecule has 0 aliphatic rings. The average Bonchev–Trinajstić information content (AvgIpc) is 3.02. The second-order valence-electron chi connectivity index (χ2n) is 5.33. The summed E-state index contributed by atoms with van der Waals surface area (Å²) in [4.78, 5) is 44.2. The van der Waals surface area contributed by atoms with Gasteiger partial charge in [0.1, 0.15) is 6.54 Å². The van der Waals surface area contributed by atoms with Gasteiger partial charge in [0, 0.05) is 32.1 Å². The first-order valence-corrected chi connectivity index (χ1v) is 7.32. The first-order chi connectivity index (χ1) is 12.0. The van der Waals surface area contributed by atoms with Crippen LogP contribution in [0.2, 0.25) is 0 Å². The molecule has 0 fully saturated rings. The first-order valence-electron chi connectivity index (χ1n) is 7.32. The van der Waals surface area contributed by atoms with Crippen LogP contribution in [-0.2, 0) is 25.4 Å². The summed E-state index contributed by atoms with van der Waals surface area (Å²) in [5.74, 6) is -0.435. The molecule has 0 atom stereocenters. The predicted molar refractivity (Wildman–Crippen MR) is 90.2 cm³/mol. The number of pyridine rings is 1. The number of hydrogen-bond donors (Lipinski definition) is 1. The van der Waals surface area contributed by atoms with Gasteiger partial charge in [-0.05, 0) is 6.07 Å². The van der Waals surface area contributed by atoms with Crippen molar-refractivity contribution in [3.8, 4) is 0 Å². The van der Waals surface area contributed by atoms with Crippen molar-refractivity contribution in [3.05, 3.63) is 57.3 Å². The Balaban J connectivity index is 1.82. The van der Waals surface area contributed by atoms with Gasteiger partial charge in [0.05, 0.1) is 12.5 Å². The van der Waals surface area contributed by atoms with Gasteiger partial charge in [-0.2, -0.15) is 5.10 Å². The summed E-state index contributed by atoms with van der Waals surface area (Å²) >= 11 is 0. The van der Waals surface area contributed by atoms with Crippen LogP contribution in [0.15, 0.2) is 45.5 Å². The van der Waals surface area contributed by atoms with E-state index in [0.717, 1.165) is 10.1 Å². The molecule has 0 aliphatic heterocycles. The molecular formula is C15H15N7O3. The third-order valence-corrected chi connectivity index (χ3v) is 3.62. The van der Waals surface area contributed by atoms with E-state index in [-0.39, 0.29) is 17.7 Å². The summed E-state index contributed by atoms with van der Waals surface area (Å²) in [5.41, 5.74) is 2.52. The molecular weight excluding hydrogens is 326 g/mol. The van der Waals surface area contributed by atoms with Crippen molar-refractivity contribution >= 4 is 23.3 Å². The minimum Gasteiger partial charge on any atom is -0.315 e. The number of nitrogens with one attached hydrogen (secondary N) is 1. The van der Waals surface area contributed by atoms with Crippen molar-refractivity contribution < 1.29 is 4.79 Å². The van der Waals surface area contributed by atoms with Crippen LogP contribution in [0.25, 0.3) is 11.2 Å². The summed E-state index contributed by atoms with van der Waals surface area (Å²) in [7, 11) is 2.89. The molecule has 0 unspecified atom stereocenters. The van der Waals surface area contributed by atoms with Gasteiger partial charge in [0.2, 0.25) is 0 Å². The Hall–Kier alpha value is -3.56. The number of aromatic nitrogens is 5. The molecule has 0 bridgehead atoms. The van der Waals surface area contributed by atoms with Crippen LogP contribution in [0.5, 0.6) is 0 Å². The molecule has 0 aromatic carbocycles. The molecule has 0 radical (unpaired) electrons. The van der Waals surface area contributed by atoms with Gasteiger partial charge in [0.15, 0.2) is 11.2 Å². The average molecular weight is 341 g/mol. The Morgan fingerprint density at radius 2 is 2.12 bits per heavy atom. The van der Waals surface area contributed by atoms with Gasteiger partial charge in [0.25, 0.3) is 11.5 Å². The summed E-state index contributed by atoms with van der Waals surface area (Å²) in [5, 5.41) is 3.84. The van der Waals surface area contributed by atoms with Gasteiger partial charge in [-0.25, -0.2) is 15.2 Å². The minimum absolute atomic E-state index is 0.158. The molecule has 128 valence electrons. The number of imidazole rings is 1. The molecule has 0 saturated carbocycles. The molecule has 1 amide bonds. The van der Waals surface area contributed by atoms with Crippen LogP contribution < -0.4 is 16.7 Å². The predicted octanol–water partition coefficient (Wildman–Crippen LogP) is -1.02. The van der Waals surface area contributed by atoms with Crippen molar-refractivity contribution in [2.24, 2.45) is 19.2 Å². The zero-order valence-electron chi connectivity index (χ0n) is 13.6. The number of aryl methyl sites for hydroxylation is 1. The Bertz CT molecular complexity index is 1080. The maximum atomic E-state index is 12.3. The molecule has 10 nitrogen and oxygen atoms in total. The lowest BCUT2D eigenvalue weighted by Crippen LogP contribution is -2.38. The van der Waals surface area contributed by atoms with Crippen LogP contribution in [0, 0.1) is 0 Å². The zero-order chi connectivity index (χ0) is 18.0.